The second-order valence-electron chi connectivity index (χ2n) is 9.64. The molecule has 11 heteroatoms. The van der Waals surface area contributed by atoms with Gasteiger partial charge >= 0.3 is 12.1 Å². The molecule has 4 heterocycles. The van der Waals surface area contributed by atoms with Crippen LogP contribution in [0.2, 0.25) is 0 Å². The maximum Gasteiger partial charge on any atom is 0.407 e. The summed E-state index contributed by atoms with van der Waals surface area (Å²) in [4.78, 5) is 27.5. The number of fused-ring (bicyclic) bond motifs is 1. The van der Waals surface area contributed by atoms with E-state index in [2.05, 4.69) is 30.3 Å². The number of hydrogen-bond acceptors (Lipinski definition) is 9. The Morgan fingerprint density at radius 2 is 2.09 bits per heavy atom. The van der Waals surface area contributed by atoms with Gasteiger partial charge in [-0.05, 0) is 59.6 Å². The molecular weight excluding hydrogens is 436 g/mol. The molecule has 1 fully saturated rings. The second kappa shape index (κ2) is 9.32. The summed E-state index contributed by atoms with van der Waals surface area (Å²) in [7, 11) is 0. The largest absolute Gasteiger partial charge is 0.461 e. The van der Waals surface area contributed by atoms with Crippen molar-refractivity contribution in [2.24, 2.45) is 0 Å². The molecule has 1 aliphatic rings. The molecular formula is C23H32N8O3. The maximum absolute atomic E-state index is 12.3. The van der Waals surface area contributed by atoms with E-state index in [1.54, 1.807) is 16.8 Å². The summed E-state index contributed by atoms with van der Waals surface area (Å²) < 4.78 is 12.8. The van der Waals surface area contributed by atoms with Crippen LogP contribution in [0.25, 0.3) is 16.9 Å². The van der Waals surface area contributed by atoms with Crippen molar-refractivity contribution in [3.05, 3.63) is 24.7 Å². The number of nitrogens with one attached hydrogen (secondary N) is 1. The van der Waals surface area contributed by atoms with E-state index in [0.29, 0.717) is 29.6 Å². The molecule has 0 unspecified atom stereocenters. The number of carbonyl (C=O) groups excluding carboxylic acids is 1. The van der Waals surface area contributed by atoms with Gasteiger partial charge in [-0.3, -0.25) is 0 Å². The van der Waals surface area contributed by atoms with E-state index in [4.69, 9.17) is 15.2 Å². The van der Waals surface area contributed by atoms with Gasteiger partial charge < -0.3 is 25.4 Å². The van der Waals surface area contributed by atoms with Crippen LogP contribution in [-0.2, 0) is 4.74 Å². The van der Waals surface area contributed by atoms with Gasteiger partial charge in [-0.2, -0.15) is 10.1 Å². The average Bonchev–Trinajstić information content (AvgIpc) is 3.13. The number of piperidine rings is 1. The van der Waals surface area contributed by atoms with E-state index in [9.17, 15) is 4.79 Å². The molecule has 1 atom stereocenters. The molecule has 0 spiro atoms. The lowest BCUT2D eigenvalue weighted by Crippen LogP contribution is -2.49. The summed E-state index contributed by atoms with van der Waals surface area (Å²) >= 11 is 0. The van der Waals surface area contributed by atoms with E-state index in [0.717, 1.165) is 30.8 Å². The van der Waals surface area contributed by atoms with Crippen LogP contribution in [0, 0.1) is 0 Å². The number of carbonyl (C=O) groups is 1. The summed E-state index contributed by atoms with van der Waals surface area (Å²) in [6, 6.07) is 4.04. The third kappa shape index (κ3) is 5.29. The highest BCUT2D eigenvalue weighted by Gasteiger charge is 2.27. The van der Waals surface area contributed by atoms with E-state index >= 15 is 0 Å². The molecule has 1 saturated heterocycles. The average molecular weight is 469 g/mol. The number of ether oxygens (including phenoxy) is 2. The van der Waals surface area contributed by atoms with Gasteiger partial charge in [0.05, 0.1) is 23.2 Å². The minimum Gasteiger partial charge on any atom is -0.461 e. The highest BCUT2D eigenvalue weighted by molar-refractivity contribution is 5.88. The number of alkyl carbamates (subject to hydrolysis) is 1. The molecule has 0 aliphatic carbocycles. The molecule has 0 radical (unpaired) electrons. The normalized spacial score (nSPS) is 16.6. The zero-order valence-electron chi connectivity index (χ0n) is 20.3. The minimum absolute atomic E-state index is 0.0457. The number of nitrogens with two attached hydrogens (primary N) is 1. The molecule has 3 aromatic heterocycles. The molecule has 34 heavy (non-hydrogen) atoms. The Morgan fingerprint density at radius 3 is 2.82 bits per heavy atom. The molecule has 3 aromatic rings. The zero-order valence-corrected chi connectivity index (χ0v) is 20.3. The lowest BCUT2D eigenvalue weighted by Gasteiger charge is -2.34. The fourth-order valence-corrected chi connectivity index (χ4v) is 4.01. The van der Waals surface area contributed by atoms with Crippen molar-refractivity contribution in [2.75, 3.05) is 23.7 Å². The third-order valence-electron chi connectivity index (χ3n) is 5.28. The number of amides is 1. The fraction of sp³-hybridized carbons (Fsp3) is 0.522. The number of nitrogens with zero attached hydrogens (tertiary/aromatic N) is 6. The minimum atomic E-state index is -0.548. The quantitative estimate of drug-likeness (QED) is 0.579. The SMILES string of the molecule is CC(C)Oc1nccc(-c2cc(N3CCC[C@@H](NC(=O)OC(C)(C)C)C3)c3c(N)ncnn23)n1. The van der Waals surface area contributed by atoms with Crippen LogP contribution in [0.3, 0.4) is 0 Å². The number of nitrogen functional groups attached to an aromatic ring is 1. The predicted octanol–water partition coefficient (Wildman–Crippen LogP) is 3.05. The Kier molecular flexibility index (Phi) is 6.45. The molecule has 182 valence electrons. The van der Waals surface area contributed by atoms with Gasteiger partial charge in [-0.15, -0.1) is 0 Å². The van der Waals surface area contributed by atoms with Crippen LogP contribution in [0.1, 0.15) is 47.5 Å². The maximum atomic E-state index is 12.3. The van der Waals surface area contributed by atoms with Crippen molar-refractivity contribution >= 4 is 23.1 Å². The Bertz CT molecular complexity index is 1170. The van der Waals surface area contributed by atoms with Gasteiger partial charge in [-0.1, -0.05) is 0 Å². The van der Waals surface area contributed by atoms with E-state index in [-0.39, 0.29) is 12.1 Å². The number of aromatic nitrogens is 5. The topological polar surface area (TPSA) is 133 Å². The van der Waals surface area contributed by atoms with Crippen molar-refractivity contribution in [1.29, 1.82) is 0 Å². The molecule has 3 N–H and O–H groups in total. The molecule has 1 amide bonds. The standard InChI is InChI=1S/C23H32N8O3/c1-14(2)33-21-25-9-8-16(29-21)17-11-18(19-20(24)26-13-27-31(17)19)30-10-6-7-15(12-30)28-22(32)34-23(3,4)5/h8-9,11,13-15H,6-7,10,12H2,1-5H3,(H,28,32)(H2,24,26,27)/t15-/m1/s1. The highest BCUT2D eigenvalue weighted by atomic mass is 16.6. The van der Waals surface area contributed by atoms with E-state index in [1.807, 2.05) is 40.7 Å². The Morgan fingerprint density at radius 1 is 1.29 bits per heavy atom. The Hall–Kier alpha value is -3.63. The van der Waals surface area contributed by atoms with E-state index in [1.165, 1.54) is 6.33 Å². The molecule has 1 aliphatic heterocycles. The van der Waals surface area contributed by atoms with Crippen molar-refractivity contribution in [1.82, 2.24) is 29.9 Å². The van der Waals surface area contributed by atoms with Crippen LogP contribution in [0.4, 0.5) is 16.3 Å². The highest BCUT2D eigenvalue weighted by Crippen LogP contribution is 2.34. The van der Waals surface area contributed by atoms with Gasteiger partial charge in [0, 0.05) is 25.3 Å². The van der Waals surface area contributed by atoms with Crippen LogP contribution in [0.15, 0.2) is 24.7 Å². The predicted molar refractivity (Wildman–Crippen MR) is 129 cm³/mol. The summed E-state index contributed by atoms with van der Waals surface area (Å²) in [6.45, 7) is 10.8. The summed E-state index contributed by atoms with van der Waals surface area (Å²) in [5, 5.41) is 7.43. The van der Waals surface area contributed by atoms with Crippen LogP contribution >= 0.6 is 0 Å². The zero-order chi connectivity index (χ0) is 24.5. The van der Waals surface area contributed by atoms with Gasteiger partial charge in [0.2, 0.25) is 0 Å². The first-order valence-corrected chi connectivity index (χ1v) is 11.5. The molecule has 4 rings (SSSR count). The number of anilines is 2. The fourth-order valence-electron chi connectivity index (χ4n) is 4.01. The van der Waals surface area contributed by atoms with Crippen LogP contribution < -0.4 is 20.7 Å². The van der Waals surface area contributed by atoms with Gasteiger partial charge in [0.25, 0.3) is 0 Å². The van der Waals surface area contributed by atoms with Gasteiger partial charge in [0.15, 0.2) is 5.82 Å². The van der Waals surface area contributed by atoms with Crippen molar-refractivity contribution in [3.8, 4) is 17.4 Å². The summed E-state index contributed by atoms with van der Waals surface area (Å²) in [5.41, 5.74) is 8.72. The third-order valence-corrected chi connectivity index (χ3v) is 5.28. The first-order chi connectivity index (χ1) is 16.1. The van der Waals surface area contributed by atoms with Crippen LogP contribution in [-0.4, -0.2) is 61.5 Å². The van der Waals surface area contributed by atoms with Gasteiger partial charge in [0.1, 0.15) is 17.4 Å². The first kappa shape index (κ1) is 23.5. The number of hydrogen-bond donors (Lipinski definition) is 2. The lowest BCUT2D eigenvalue weighted by atomic mass is 10.1. The summed E-state index contributed by atoms with van der Waals surface area (Å²) in [6.07, 6.45) is 4.39. The van der Waals surface area contributed by atoms with Gasteiger partial charge in [-0.25, -0.2) is 19.3 Å². The molecule has 0 aromatic carbocycles. The van der Waals surface area contributed by atoms with E-state index < -0.39 is 11.7 Å². The smallest absolute Gasteiger partial charge is 0.407 e. The Balaban J connectivity index is 1.65. The first-order valence-electron chi connectivity index (χ1n) is 11.5. The van der Waals surface area contributed by atoms with Crippen molar-refractivity contribution in [3.63, 3.8) is 0 Å². The van der Waals surface area contributed by atoms with Crippen molar-refractivity contribution in [2.45, 2.75) is 65.2 Å². The lowest BCUT2D eigenvalue weighted by molar-refractivity contribution is 0.0500. The second-order valence-corrected chi connectivity index (χ2v) is 9.64. The molecule has 11 nitrogen and oxygen atoms in total. The molecule has 0 saturated carbocycles. The van der Waals surface area contributed by atoms with Crippen molar-refractivity contribution < 1.29 is 14.3 Å². The number of rotatable bonds is 5. The summed E-state index contributed by atoms with van der Waals surface area (Å²) in [5.74, 6) is 0.367. The molecule has 0 bridgehead atoms. The monoisotopic (exact) mass is 468 g/mol. The van der Waals surface area contributed by atoms with Crippen LogP contribution in [0.5, 0.6) is 6.01 Å². The Labute approximate surface area is 198 Å².